The van der Waals surface area contributed by atoms with Crippen molar-refractivity contribution in [3.05, 3.63) is 0 Å². The Bertz CT molecular complexity index is 362. The first-order valence-electron chi connectivity index (χ1n) is 9.09. The van der Waals surface area contributed by atoms with Gasteiger partial charge < -0.3 is 10.6 Å². The van der Waals surface area contributed by atoms with Crippen molar-refractivity contribution >= 4 is 5.91 Å². The minimum Gasteiger partial charge on any atom is -0.345 e. The van der Waals surface area contributed by atoms with E-state index in [9.17, 15) is 4.79 Å². The molecule has 120 valence electrons. The van der Waals surface area contributed by atoms with Gasteiger partial charge in [0.05, 0.1) is 0 Å². The summed E-state index contributed by atoms with van der Waals surface area (Å²) in [5, 5.41) is 0. The summed E-state index contributed by atoms with van der Waals surface area (Å²) < 4.78 is 0. The summed E-state index contributed by atoms with van der Waals surface area (Å²) in [5.41, 5.74) is 5.74. The Morgan fingerprint density at radius 1 is 1.05 bits per heavy atom. The molecule has 3 atom stereocenters. The summed E-state index contributed by atoms with van der Waals surface area (Å²) in [6.07, 6.45) is 11.3. The molecule has 3 saturated carbocycles. The third kappa shape index (κ3) is 3.61. The SMILES string of the molecule is CN(CC1CC2CCC1C2)C(=O)CC1CCC(CN)CC1. The van der Waals surface area contributed by atoms with Gasteiger partial charge in [0.2, 0.25) is 5.91 Å². The van der Waals surface area contributed by atoms with Crippen LogP contribution in [0.3, 0.4) is 0 Å². The average molecular weight is 292 g/mol. The van der Waals surface area contributed by atoms with Crippen LogP contribution in [0.5, 0.6) is 0 Å². The minimum atomic E-state index is 0.383. The lowest BCUT2D eigenvalue weighted by molar-refractivity contribution is -0.132. The number of carbonyl (C=O) groups excluding carboxylic acids is 1. The highest BCUT2D eigenvalue weighted by atomic mass is 16.2. The molecule has 2 N–H and O–H groups in total. The van der Waals surface area contributed by atoms with Gasteiger partial charge in [0.15, 0.2) is 0 Å². The van der Waals surface area contributed by atoms with Crippen molar-refractivity contribution in [1.82, 2.24) is 4.90 Å². The Kier molecular flexibility index (Phi) is 4.88. The van der Waals surface area contributed by atoms with Crippen LogP contribution in [0, 0.1) is 29.6 Å². The lowest BCUT2D eigenvalue weighted by Crippen LogP contribution is -2.35. The molecule has 0 spiro atoms. The molecule has 0 aromatic carbocycles. The molecule has 3 heteroatoms. The summed E-state index contributed by atoms with van der Waals surface area (Å²) in [5.74, 6) is 4.41. The standard InChI is InChI=1S/C18H32N2O/c1-20(12-17-9-15-6-7-16(17)8-15)18(21)10-13-2-4-14(11-19)5-3-13/h13-17H,2-12,19H2,1H3. The Balaban J connectivity index is 1.41. The van der Waals surface area contributed by atoms with Gasteiger partial charge in [-0.3, -0.25) is 4.79 Å². The van der Waals surface area contributed by atoms with Crippen LogP contribution in [0.2, 0.25) is 0 Å². The van der Waals surface area contributed by atoms with Crippen LogP contribution in [0.25, 0.3) is 0 Å². The topological polar surface area (TPSA) is 46.3 Å². The van der Waals surface area contributed by atoms with E-state index >= 15 is 0 Å². The zero-order valence-electron chi connectivity index (χ0n) is 13.6. The third-order valence-electron chi connectivity index (χ3n) is 6.58. The van der Waals surface area contributed by atoms with E-state index in [1.807, 2.05) is 11.9 Å². The molecule has 3 nitrogen and oxygen atoms in total. The van der Waals surface area contributed by atoms with Crippen LogP contribution in [0.1, 0.15) is 57.8 Å². The molecular weight excluding hydrogens is 260 g/mol. The van der Waals surface area contributed by atoms with Crippen LogP contribution in [0.4, 0.5) is 0 Å². The average Bonchev–Trinajstić information content (AvgIpc) is 3.10. The molecule has 0 saturated heterocycles. The first-order chi connectivity index (χ1) is 10.2. The molecule has 0 radical (unpaired) electrons. The number of amides is 1. The van der Waals surface area contributed by atoms with E-state index in [1.165, 1.54) is 51.4 Å². The van der Waals surface area contributed by atoms with Gasteiger partial charge in [0.25, 0.3) is 0 Å². The lowest BCUT2D eigenvalue weighted by Gasteiger charge is -2.30. The molecule has 0 aromatic heterocycles. The van der Waals surface area contributed by atoms with Crippen LogP contribution < -0.4 is 5.73 Å². The number of hydrogen-bond acceptors (Lipinski definition) is 2. The second-order valence-electron chi connectivity index (χ2n) is 8.04. The van der Waals surface area contributed by atoms with E-state index in [4.69, 9.17) is 5.73 Å². The van der Waals surface area contributed by atoms with E-state index in [2.05, 4.69) is 0 Å². The highest BCUT2D eigenvalue weighted by Gasteiger charge is 2.40. The summed E-state index contributed by atoms with van der Waals surface area (Å²) in [7, 11) is 2.03. The summed E-state index contributed by atoms with van der Waals surface area (Å²) in [6.45, 7) is 1.84. The van der Waals surface area contributed by atoms with E-state index in [1.54, 1.807) is 0 Å². The molecule has 3 unspecified atom stereocenters. The van der Waals surface area contributed by atoms with Crippen molar-refractivity contribution < 1.29 is 4.79 Å². The van der Waals surface area contributed by atoms with Gasteiger partial charge >= 0.3 is 0 Å². The van der Waals surface area contributed by atoms with Gasteiger partial charge in [0.1, 0.15) is 0 Å². The maximum atomic E-state index is 12.5. The number of rotatable bonds is 5. The van der Waals surface area contributed by atoms with Gasteiger partial charge in [-0.1, -0.05) is 6.42 Å². The Hall–Kier alpha value is -0.570. The quantitative estimate of drug-likeness (QED) is 0.846. The van der Waals surface area contributed by atoms with Gasteiger partial charge in [-0.05, 0) is 81.1 Å². The summed E-state index contributed by atoms with van der Waals surface area (Å²) >= 11 is 0. The predicted octanol–water partition coefficient (Wildman–Crippen LogP) is 3.04. The second kappa shape index (κ2) is 6.68. The van der Waals surface area contributed by atoms with Crippen molar-refractivity contribution in [3.63, 3.8) is 0 Å². The van der Waals surface area contributed by atoms with Crippen LogP contribution in [-0.2, 0) is 4.79 Å². The molecule has 1 amide bonds. The molecule has 3 fully saturated rings. The smallest absolute Gasteiger partial charge is 0.222 e. The van der Waals surface area contributed by atoms with Crippen molar-refractivity contribution in [2.45, 2.75) is 57.8 Å². The van der Waals surface area contributed by atoms with Crippen molar-refractivity contribution in [2.75, 3.05) is 20.1 Å². The molecule has 3 rings (SSSR count). The lowest BCUT2D eigenvalue weighted by atomic mass is 9.80. The Labute approximate surface area is 129 Å². The predicted molar refractivity (Wildman–Crippen MR) is 85.7 cm³/mol. The molecule has 0 aliphatic heterocycles. The second-order valence-corrected chi connectivity index (χ2v) is 8.04. The highest BCUT2D eigenvalue weighted by Crippen LogP contribution is 2.48. The van der Waals surface area contributed by atoms with Crippen molar-refractivity contribution in [2.24, 2.45) is 35.3 Å². The molecule has 0 heterocycles. The fraction of sp³-hybridized carbons (Fsp3) is 0.944. The zero-order valence-corrected chi connectivity index (χ0v) is 13.6. The van der Waals surface area contributed by atoms with Gasteiger partial charge in [0, 0.05) is 20.0 Å². The van der Waals surface area contributed by atoms with E-state index in [0.29, 0.717) is 17.7 Å². The Morgan fingerprint density at radius 3 is 2.33 bits per heavy atom. The Morgan fingerprint density at radius 2 is 1.76 bits per heavy atom. The van der Waals surface area contributed by atoms with Gasteiger partial charge in [-0.25, -0.2) is 0 Å². The summed E-state index contributed by atoms with van der Waals surface area (Å²) in [6, 6.07) is 0. The fourth-order valence-corrected chi connectivity index (χ4v) is 5.13. The molecule has 3 aliphatic carbocycles. The van der Waals surface area contributed by atoms with Crippen molar-refractivity contribution in [1.29, 1.82) is 0 Å². The monoisotopic (exact) mass is 292 g/mol. The largest absolute Gasteiger partial charge is 0.345 e. The number of hydrogen-bond donors (Lipinski definition) is 1. The molecule has 21 heavy (non-hydrogen) atoms. The van der Waals surface area contributed by atoms with Gasteiger partial charge in [-0.2, -0.15) is 0 Å². The van der Waals surface area contributed by atoms with Crippen molar-refractivity contribution in [3.8, 4) is 0 Å². The summed E-state index contributed by atoms with van der Waals surface area (Å²) in [4.78, 5) is 14.5. The van der Waals surface area contributed by atoms with E-state index in [-0.39, 0.29) is 0 Å². The van der Waals surface area contributed by atoms with Crippen LogP contribution >= 0.6 is 0 Å². The number of nitrogens with zero attached hydrogens (tertiary/aromatic N) is 1. The molecule has 0 aromatic rings. The number of fused-ring (bicyclic) bond motifs is 2. The molecule has 3 aliphatic rings. The zero-order chi connectivity index (χ0) is 14.8. The fourth-order valence-electron chi connectivity index (χ4n) is 5.13. The number of nitrogens with two attached hydrogens (primary N) is 1. The normalized spacial score (nSPS) is 38.7. The van der Waals surface area contributed by atoms with Crippen LogP contribution in [-0.4, -0.2) is 30.9 Å². The third-order valence-corrected chi connectivity index (χ3v) is 6.58. The highest BCUT2D eigenvalue weighted by molar-refractivity contribution is 5.76. The molecule has 2 bridgehead atoms. The van der Waals surface area contributed by atoms with Gasteiger partial charge in [-0.15, -0.1) is 0 Å². The first-order valence-corrected chi connectivity index (χ1v) is 9.09. The minimum absolute atomic E-state index is 0.383. The molecular formula is C18H32N2O. The maximum absolute atomic E-state index is 12.5. The van der Waals surface area contributed by atoms with E-state index in [0.717, 1.165) is 37.3 Å². The first kappa shape index (κ1) is 15.3. The maximum Gasteiger partial charge on any atom is 0.222 e. The number of carbonyl (C=O) groups is 1. The van der Waals surface area contributed by atoms with Crippen LogP contribution in [0.15, 0.2) is 0 Å². The van der Waals surface area contributed by atoms with E-state index < -0.39 is 0 Å².